The summed E-state index contributed by atoms with van der Waals surface area (Å²) in [6.07, 6.45) is 3.27. The van der Waals surface area contributed by atoms with Gasteiger partial charge in [0.05, 0.1) is 12.1 Å². The van der Waals surface area contributed by atoms with Crippen LogP contribution in [0.1, 0.15) is 37.3 Å². The van der Waals surface area contributed by atoms with Crippen LogP contribution in [0.2, 0.25) is 0 Å². The number of piperidine rings is 1. The van der Waals surface area contributed by atoms with E-state index in [1.807, 2.05) is 4.90 Å². The van der Waals surface area contributed by atoms with Crippen LogP contribution in [-0.4, -0.2) is 36.1 Å². The molecule has 1 aromatic rings. The average molecular weight is 292 g/mol. The van der Waals surface area contributed by atoms with E-state index in [4.69, 9.17) is 10.5 Å². The Morgan fingerprint density at radius 2 is 2.05 bits per heavy atom. The van der Waals surface area contributed by atoms with Gasteiger partial charge in [-0.1, -0.05) is 12.1 Å². The largest absolute Gasteiger partial charge is 0.376 e. The predicted octanol–water partition coefficient (Wildman–Crippen LogP) is 2.00. The molecule has 114 valence electrons. The summed E-state index contributed by atoms with van der Waals surface area (Å²) in [5.74, 6) is -0.165. The molecule has 2 N–H and O–H groups in total. The number of amides is 1. The van der Waals surface area contributed by atoms with Crippen molar-refractivity contribution < 1.29 is 13.9 Å². The monoisotopic (exact) mass is 292 g/mol. The third-order valence-corrected chi connectivity index (χ3v) is 4.39. The number of nitrogens with zero attached hydrogens (tertiary/aromatic N) is 1. The quantitative estimate of drug-likeness (QED) is 0.927. The molecule has 3 rings (SSSR count). The number of halogens is 1. The van der Waals surface area contributed by atoms with Crippen molar-refractivity contribution in [2.75, 3.05) is 13.2 Å². The molecular weight excluding hydrogens is 271 g/mol. The highest BCUT2D eigenvalue weighted by Crippen LogP contribution is 2.32. The van der Waals surface area contributed by atoms with Gasteiger partial charge in [0.15, 0.2) is 0 Å². The van der Waals surface area contributed by atoms with Crippen LogP contribution < -0.4 is 5.73 Å². The molecule has 2 aliphatic heterocycles. The van der Waals surface area contributed by atoms with Crippen molar-refractivity contribution in [3.05, 3.63) is 35.6 Å². The molecule has 0 spiro atoms. The lowest BCUT2D eigenvalue weighted by atomic mass is 9.90. The molecule has 2 fully saturated rings. The molecular formula is C16H21FN2O2. The van der Waals surface area contributed by atoms with Crippen LogP contribution in [-0.2, 0) is 9.53 Å². The van der Waals surface area contributed by atoms with Crippen LogP contribution in [0, 0.1) is 5.82 Å². The number of likely N-dealkylation sites (tertiary alicyclic amines) is 1. The van der Waals surface area contributed by atoms with Crippen LogP contribution >= 0.6 is 0 Å². The summed E-state index contributed by atoms with van der Waals surface area (Å²) in [5.41, 5.74) is 7.15. The van der Waals surface area contributed by atoms with E-state index in [2.05, 4.69) is 0 Å². The van der Waals surface area contributed by atoms with Crippen LogP contribution in [0.3, 0.4) is 0 Å². The minimum atomic E-state index is -0.278. The highest BCUT2D eigenvalue weighted by Gasteiger charge is 2.36. The number of rotatable bonds is 3. The van der Waals surface area contributed by atoms with Crippen molar-refractivity contribution in [1.29, 1.82) is 0 Å². The van der Waals surface area contributed by atoms with Crippen LogP contribution in [0.4, 0.5) is 4.39 Å². The van der Waals surface area contributed by atoms with Gasteiger partial charge in [-0.15, -0.1) is 0 Å². The summed E-state index contributed by atoms with van der Waals surface area (Å²) in [6.45, 7) is 1.34. The van der Waals surface area contributed by atoms with Gasteiger partial charge < -0.3 is 15.4 Å². The van der Waals surface area contributed by atoms with Gasteiger partial charge in [-0.25, -0.2) is 4.39 Å². The molecule has 0 bridgehead atoms. The Morgan fingerprint density at radius 3 is 2.71 bits per heavy atom. The van der Waals surface area contributed by atoms with E-state index in [9.17, 15) is 9.18 Å². The summed E-state index contributed by atoms with van der Waals surface area (Å²) >= 11 is 0. The number of benzene rings is 1. The fourth-order valence-electron chi connectivity index (χ4n) is 3.29. The number of carbonyl (C=O) groups is 1. The first kappa shape index (κ1) is 14.5. The zero-order valence-electron chi connectivity index (χ0n) is 12.0. The SMILES string of the molecule is NC1CCC(=O)N(CC2CCCO2)C1c1ccc(F)cc1. The molecule has 1 aromatic carbocycles. The van der Waals surface area contributed by atoms with Crippen LogP contribution in [0.25, 0.3) is 0 Å². The zero-order chi connectivity index (χ0) is 14.8. The molecule has 2 aliphatic rings. The second-order valence-corrected chi connectivity index (χ2v) is 5.88. The van der Waals surface area contributed by atoms with E-state index in [1.54, 1.807) is 12.1 Å². The zero-order valence-corrected chi connectivity index (χ0v) is 12.0. The van der Waals surface area contributed by atoms with Gasteiger partial charge in [-0.05, 0) is 37.0 Å². The first-order valence-electron chi connectivity index (χ1n) is 7.57. The highest BCUT2D eigenvalue weighted by molar-refractivity contribution is 5.78. The predicted molar refractivity (Wildman–Crippen MR) is 77.0 cm³/mol. The first-order chi connectivity index (χ1) is 10.1. The molecule has 1 amide bonds. The Bertz CT molecular complexity index is 500. The van der Waals surface area contributed by atoms with Gasteiger partial charge >= 0.3 is 0 Å². The standard InChI is InChI=1S/C16H21FN2O2/c17-12-5-3-11(4-6-12)16-14(18)7-8-15(20)19(16)10-13-2-1-9-21-13/h3-6,13-14,16H,1-2,7-10,18H2. The van der Waals surface area contributed by atoms with E-state index in [-0.39, 0.29) is 29.9 Å². The smallest absolute Gasteiger partial charge is 0.223 e. The van der Waals surface area contributed by atoms with Crippen LogP contribution in [0.5, 0.6) is 0 Å². The van der Waals surface area contributed by atoms with Gasteiger partial charge in [0.25, 0.3) is 0 Å². The molecule has 2 saturated heterocycles. The molecule has 0 aliphatic carbocycles. The third-order valence-electron chi connectivity index (χ3n) is 4.39. The van der Waals surface area contributed by atoms with E-state index < -0.39 is 0 Å². The Kier molecular flexibility index (Phi) is 4.22. The van der Waals surface area contributed by atoms with Crippen molar-refractivity contribution in [1.82, 2.24) is 4.90 Å². The van der Waals surface area contributed by atoms with Gasteiger partial charge in [0, 0.05) is 25.6 Å². The number of ether oxygens (including phenoxy) is 1. The second kappa shape index (κ2) is 6.12. The number of hydrogen-bond donors (Lipinski definition) is 1. The van der Waals surface area contributed by atoms with Crippen molar-refractivity contribution in [3.63, 3.8) is 0 Å². The lowest BCUT2D eigenvalue weighted by molar-refractivity contribution is -0.139. The highest BCUT2D eigenvalue weighted by atomic mass is 19.1. The molecule has 0 radical (unpaired) electrons. The third kappa shape index (κ3) is 3.09. The summed E-state index contributed by atoms with van der Waals surface area (Å²) in [7, 11) is 0. The Morgan fingerprint density at radius 1 is 1.29 bits per heavy atom. The minimum absolute atomic E-state index is 0.0993. The number of nitrogens with two attached hydrogens (primary N) is 1. The summed E-state index contributed by atoms with van der Waals surface area (Å²) in [6, 6.07) is 5.99. The Labute approximate surface area is 124 Å². The number of carbonyl (C=O) groups excluding carboxylic acids is 1. The number of hydrogen-bond acceptors (Lipinski definition) is 3. The molecule has 0 aromatic heterocycles. The van der Waals surface area contributed by atoms with Gasteiger partial charge in [0.2, 0.25) is 5.91 Å². The van der Waals surface area contributed by atoms with Gasteiger partial charge in [-0.2, -0.15) is 0 Å². The molecule has 4 nitrogen and oxygen atoms in total. The molecule has 0 saturated carbocycles. The lowest BCUT2D eigenvalue weighted by Crippen LogP contribution is -2.51. The molecule has 3 unspecified atom stereocenters. The molecule has 2 heterocycles. The van der Waals surface area contributed by atoms with Crippen LogP contribution in [0.15, 0.2) is 24.3 Å². The van der Waals surface area contributed by atoms with Crippen molar-refractivity contribution in [3.8, 4) is 0 Å². The van der Waals surface area contributed by atoms with E-state index in [0.717, 1.165) is 25.0 Å². The maximum absolute atomic E-state index is 13.1. The van der Waals surface area contributed by atoms with Crippen molar-refractivity contribution >= 4 is 5.91 Å². The fourth-order valence-corrected chi connectivity index (χ4v) is 3.29. The van der Waals surface area contributed by atoms with Gasteiger partial charge in [0.1, 0.15) is 5.82 Å². The molecule has 3 atom stereocenters. The maximum atomic E-state index is 13.1. The minimum Gasteiger partial charge on any atom is -0.376 e. The van der Waals surface area contributed by atoms with Crippen molar-refractivity contribution in [2.45, 2.75) is 43.9 Å². The van der Waals surface area contributed by atoms with E-state index in [0.29, 0.717) is 19.4 Å². The summed E-state index contributed by atoms with van der Waals surface area (Å²) < 4.78 is 18.8. The Hall–Kier alpha value is -1.46. The Balaban J connectivity index is 1.84. The second-order valence-electron chi connectivity index (χ2n) is 5.88. The van der Waals surface area contributed by atoms with Gasteiger partial charge in [-0.3, -0.25) is 4.79 Å². The fraction of sp³-hybridized carbons (Fsp3) is 0.562. The lowest BCUT2D eigenvalue weighted by Gasteiger charge is -2.41. The molecule has 5 heteroatoms. The summed E-state index contributed by atoms with van der Waals surface area (Å²) in [5, 5.41) is 0. The topological polar surface area (TPSA) is 55.6 Å². The maximum Gasteiger partial charge on any atom is 0.223 e. The van der Waals surface area contributed by atoms with E-state index >= 15 is 0 Å². The van der Waals surface area contributed by atoms with Crippen molar-refractivity contribution in [2.24, 2.45) is 5.73 Å². The summed E-state index contributed by atoms with van der Waals surface area (Å²) in [4.78, 5) is 14.1. The first-order valence-corrected chi connectivity index (χ1v) is 7.57. The normalized spacial score (nSPS) is 29.9. The van der Waals surface area contributed by atoms with E-state index in [1.165, 1.54) is 12.1 Å². The average Bonchev–Trinajstić information content (AvgIpc) is 2.98. The molecule has 21 heavy (non-hydrogen) atoms.